The molecule has 2 rings (SSSR count). The first kappa shape index (κ1) is 15.9. The fourth-order valence-electron chi connectivity index (χ4n) is 2.64. The molecule has 2 N–H and O–H groups in total. The Morgan fingerprint density at radius 2 is 2.14 bits per heavy atom. The molecule has 0 unspecified atom stereocenters. The number of amides is 1. The number of piperidine rings is 1. The molecule has 1 amide bonds. The molecule has 5 heteroatoms. The average molecular weight is 291 g/mol. The van der Waals surface area contributed by atoms with E-state index in [1.165, 1.54) is 0 Å². The molecule has 1 aliphatic rings. The Balaban J connectivity index is 1.74. The Hall–Kier alpha value is -1.46. The summed E-state index contributed by atoms with van der Waals surface area (Å²) in [4.78, 5) is 18.8. The van der Waals surface area contributed by atoms with Crippen LogP contribution in [0.4, 0.5) is 5.82 Å². The molecule has 0 aliphatic carbocycles. The number of hydrogen-bond acceptors (Lipinski definition) is 4. The first-order valence-corrected chi connectivity index (χ1v) is 7.76. The summed E-state index contributed by atoms with van der Waals surface area (Å²) in [5, 5.41) is 11.7. The lowest BCUT2D eigenvalue weighted by Crippen LogP contribution is -2.38. The first-order chi connectivity index (χ1) is 10.2. The van der Waals surface area contributed by atoms with Crippen LogP contribution in [0.2, 0.25) is 0 Å². The van der Waals surface area contributed by atoms with Gasteiger partial charge in [-0.1, -0.05) is 6.07 Å². The van der Waals surface area contributed by atoms with Crippen molar-refractivity contribution >= 4 is 11.7 Å². The van der Waals surface area contributed by atoms with Gasteiger partial charge in [0.15, 0.2) is 0 Å². The lowest BCUT2D eigenvalue weighted by molar-refractivity contribution is -0.121. The van der Waals surface area contributed by atoms with E-state index in [4.69, 9.17) is 5.11 Å². The summed E-state index contributed by atoms with van der Waals surface area (Å²) in [6.07, 6.45) is 5.45. The van der Waals surface area contributed by atoms with E-state index in [1.807, 2.05) is 19.1 Å². The molecule has 0 radical (unpaired) electrons. The maximum Gasteiger partial charge on any atom is 0.228 e. The molecule has 1 aromatic rings. The van der Waals surface area contributed by atoms with Gasteiger partial charge in [0.25, 0.3) is 0 Å². The third kappa shape index (κ3) is 5.10. The van der Waals surface area contributed by atoms with Crippen molar-refractivity contribution in [3.05, 3.63) is 23.9 Å². The van der Waals surface area contributed by atoms with Gasteiger partial charge in [0.1, 0.15) is 5.82 Å². The summed E-state index contributed by atoms with van der Waals surface area (Å²) in [5.74, 6) is 0.805. The van der Waals surface area contributed by atoms with E-state index >= 15 is 0 Å². The van der Waals surface area contributed by atoms with Crippen molar-refractivity contribution in [3.8, 4) is 0 Å². The summed E-state index contributed by atoms with van der Waals surface area (Å²) >= 11 is 0. The van der Waals surface area contributed by atoms with Gasteiger partial charge in [-0.05, 0) is 63.9 Å². The van der Waals surface area contributed by atoms with Crippen LogP contribution in [-0.2, 0) is 4.79 Å². The number of nitrogens with one attached hydrogen (secondary N) is 1. The topological polar surface area (TPSA) is 65.5 Å². The zero-order valence-electron chi connectivity index (χ0n) is 12.7. The average Bonchev–Trinajstić information content (AvgIpc) is 2.50. The molecule has 0 aromatic carbocycles. The minimum atomic E-state index is 0.0846. The Bertz CT molecular complexity index is 439. The number of anilines is 1. The quantitative estimate of drug-likeness (QED) is 0.785. The largest absolute Gasteiger partial charge is 0.396 e. The monoisotopic (exact) mass is 291 g/mol. The Labute approximate surface area is 126 Å². The fraction of sp³-hybridized carbons (Fsp3) is 0.625. The van der Waals surface area contributed by atoms with Crippen LogP contribution >= 0.6 is 0 Å². The van der Waals surface area contributed by atoms with Crippen LogP contribution in [0.3, 0.4) is 0 Å². The number of hydrogen-bond donors (Lipinski definition) is 2. The second-order valence-corrected chi connectivity index (χ2v) is 5.76. The van der Waals surface area contributed by atoms with Crippen molar-refractivity contribution in [1.29, 1.82) is 0 Å². The molecule has 0 bridgehead atoms. The maximum absolute atomic E-state index is 12.2. The predicted octanol–water partition coefficient (Wildman–Crippen LogP) is 1.81. The second kappa shape index (κ2) is 8.10. The second-order valence-electron chi connectivity index (χ2n) is 5.76. The normalized spacial score (nSPS) is 16.9. The van der Waals surface area contributed by atoms with Gasteiger partial charge in [0.2, 0.25) is 5.91 Å². The lowest BCUT2D eigenvalue weighted by Gasteiger charge is -2.31. The first-order valence-electron chi connectivity index (χ1n) is 7.76. The number of aliphatic hydroxyl groups excluding tert-OH is 1. The number of aromatic nitrogens is 1. The molecule has 116 valence electrons. The zero-order valence-corrected chi connectivity index (χ0v) is 12.7. The van der Waals surface area contributed by atoms with Gasteiger partial charge >= 0.3 is 0 Å². The Morgan fingerprint density at radius 1 is 1.38 bits per heavy atom. The van der Waals surface area contributed by atoms with Gasteiger partial charge in [-0.15, -0.1) is 0 Å². The summed E-state index contributed by atoms with van der Waals surface area (Å²) in [7, 11) is 0. The highest BCUT2D eigenvalue weighted by molar-refractivity contribution is 5.91. The van der Waals surface area contributed by atoms with Crippen LogP contribution in [0.25, 0.3) is 0 Å². The highest BCUT2D eigenvalue weighted by Gasteiger charge is 2.24. The van der Waals surface area contributed by atoms with E-state index in [2.05, 4.69) is 15.2 Å². The van der Waals surface area contributed by atoms with E-state index in [9.17, 15) is 4.79 Å². The van der Waals surface area contributed by atoms with Crippen LogP contribution in [0.1, 0.15) is 31.2 Å². The van der Waals surface area contributed by atoms with Gasteiger partial charge in [-0.2, -0.15) is 0 Å². The van der Waals surface area contributed by atoms with E-state index in [0.29, 0.717) is 5.82 Å². The van der Waals surface area contributed by atoms with E-state index in [1.54, 1.807) is 6.20 Å². The number of nitrogens with zero attached hydrogens (tertiary/aromatic N) is 2. The highest BCUT2D eigenvalue weighted by Crippen LogP contribution is 2.19. The number of carbonyl (C=O) groups is 1. The number of unbranched alkanes of at least 4 members (excludes halogenated alkanes) is 1. The van der Waals surface area contributed by atoms with E-state index in [-0.39, 0.29) is 18.4 Å². The third-order valence-electron chi connectivity index (χ3n) is 4.00. The van der Waals surface area contributed by atoms with Crippen molar-refractivity contribution in [2.45, 2.75) is 32.6 Å². The number of likely N-dealkylation sites (tertiary alicyclic amines) is 1. The van der Waals surface area contributed by atoms with Crippen molar-refractivity contribution < 1.29 is 9.90 Å². The third-order valence-corrected chi connectivity index (χ3v) is 4.00. The zero-order chi connectivity index (χ0) is 15.1. The maximum atomic E-state index is 12.2. The molecule has 2 heterocycles. The standard InChI is InChI=1S/C16H25N3O2/c1-13-4-5-15(17-12-13)18-16(21)14-6-9-19(10-7-14)8-2-3-11-20/h4-5,12,14,20H,2-3,6-11H2,1H3,(H,17,18,21). The lowest BCUT2D eigenvalue weighted by atomic mass is 9.95. The van der Waals surface area contributed by atoms with Gasteiger partial charge < -0.3 is 15.3 Å². The number of carbonyl (C=O) groups excluding carboxylic acids is 1. The number of aliphatic hydroxyl groups is 1. The summed E-state index contributed by atoms with van der Waals surface area (Å²) in [6.45, 7) is 5.19. The molecule has 1 aliphatic heterocycles. The summed E-state index contributed by atoms with van der Waals surface area (Å²) in [6, 6.07) is 3.80. The van der Waals surface area contributed by atoms with Crippen LogP contribution in [-0.4, -0.2) is 47.1 Å². The Morgan fingerprint density at radius 3 is 2.76 bits per heavy atom. The van der Waals surface area contributed by atoms with Gasteiger partial charge in [-0.3, -0.25) is 4.79 Å². The molecular formula is C16H25N3O2. The fourth-order valence-corrected chi connectivity index (χ4v) is 2.64. The molecule has 0 spiro atoms. The molecule has 5 nitrogen and oxygen atoms in total. The van der Waals surface area contributed by atoms with E-state index < -0.39 is 0 Å². The minimum absolute atomic E-state index is 0.0846. The van der Waals surface area contributed by atoms with E-state index in [0.717, 1.165) is 50.9 Å². The van der Waals surface area contributed by atoms with Crippen LogP contribution in [0.15, 0.2) is 18.3 Å². The minimum Gasteiger partial charge on any atom is -0.396 e. The van der Waals surface area contributed by atoms with Crippen molar-refractivity contribution in [3.63, 3.8) is 0 Å². The summed E-state index contributed by atoms with van der Waals surface area (Å²) < 4.78 is 0. The molecule has 21 heavy (non-hydrogen) atoms. The molecular weight excluding hydrogens is 266 g/mol. The number of aryl methyl sites for hydroxylation is 1. The van der Waals surface area contributed by atoms with Crippen molar-refractivity contribution in [1.82, 2.24) is 9.88 Å². The molecule has 1 saturated heterocycles. The number of rotatable bonds is 6. The number of pyridine rings is 1. The molecule has 0 atom stereocenters. The molecule has 1 fully saturated rings. The molecule has 0 saturated carbocycles. The smallest absolute Gasteiger partial charge is 0.228 e. The van der Waals surface area contributed by atoms with Crippen LogP contribution < -0.4 is 5.32 Å². The summed E-state index contributed by atoms with van der Waals surface area (Å²) in [5.41, 5.74) is 1.09. The van der Waals surface area contributed by atoms with Gasteiger partial charge in [-0.25, -0.2) is 4.98 Å². The van der Waals surface area contributed by atoms with Gasteiger partial charge in [0.05, 0.1) is 0 Å². The van der Waals surface area contributed by atoms with Crippen molar-refractivity contribution in [2.24, 2.45) is 5.92 Å². The Kier molecular flexibility index (Phi) is 6.14. The highest BCUT2D eigenvalue weighted by atomic mass is 16.2. The SMILES string of the molecule is Cc1ccc(NC(=O)C2CCN(CCCCO)CC2)nc1. The molecule has 1 aromatic heterocycles. The van der Waals surface area contributed by atoms with Gasteiger partial charge in [0, 0.05) is 18.7 Å². The predicted molar refractivity (Wildman–Crippen MR) is 83.1 cm³/mol. The van der Waals surface area contributed by atoms with Crippen molar-refractivity contribution in [2.75, 3.05) is 31.6 Å². The van der Waals surface area contributed by atoms with Crippen LogP contribution in [0, 0.1) is 12.8 Å². The van der Waals surface area contributed by atoms with Crippen LogP contribution in [0.5, 0.6) is 0 Å².